The molecule has 0 bridgehead atoms. The summed E-state index contributed by atoms with van der Waals surface area (Å²) in [5.41, 5.74) is 2.11. The Hall–Kier alpha value is -3.76. The van der Waals surface area contributed by atoms with Crippen molar-refractivity contribution in [2.75, 3.05) is 18.5 Å². The first-order valence-electron chi connectivity index (χ1n) is 12.9. The Labute approximate surface area is 243 Å². The van der Waals surface area contributed by atoms with E-state index >= 15 is 0 Å². The van der Waals surface area contributed by atoms with Gasteiger partial charge >= 0.3 is 5.97 Å². The summed E-state index contributed by atoms with van der Waals surface area (Å²) >= 11 is 6.72. The highest BCUT2D eigenvalue weighted by molar-refractivity contribution is 7.89. The fourth-order valence-corrected chi connectivity index (χ4v) is 6.85. The summed E-state index contributed by atoms with van der Waals surface area (Å²) in [6, 6.07) is 25.0. The molecule has 1 heterocycles. The third-order valence-electron chi connectivity index (χ3n) is 7.31. The van der Waals surface area contributed by atoms with E-state index in [-0.39, 0.29) is 27.6 Å². The van der Waals surface area contributed by atoms with Gasteiger partial charge < -0.3 is 14.7 Å². The van der Waals surface area contributed by atoms with Crippen LogP contribution in [0.25, 0.3) is 11.1 Å². The molecule has 0 unspecified atom stereocenters. The van der Waals surface area contributed by atoms with Crippen LogP contribution in [-0.4, -0.2) is 49.5 Å². The number of para-hydroxylation sites is 1. The molecule has 2 atom stereocenters. The summed E-state index contributed by atoms with van der Waals surface area (Å²) in [4.78, 5) is 13.4. The Morgan fingerprint density at radius 1 is 1.05 bits per heavy atom. The van der Waals surface area contributed by atoms with Gasteiger partial charge in [-0.2, -0.15) is 4.31 Å². The summed E-state index contributed by atoms with van der Waals surface area (Å²) < 4.78 is 50.0. The summed E-state index contributed by atoms with van der Waals surface area (Å²) in [5, 5.41) is 9.61. The van der Waals surface area contributed by atoms with Crippen LogP contribution in [0.3, 0.4) is 0 Å². The van der Waals surface area contributed by atoms with Crippen LogP contribution in [0, 0.1) is 5.82 Å². The molecule has 7 nitrogen and oxygen atoms in total. The molecule has 0 radical (unpaired) electrons. The van der Waals surface area contributed by atoms with Gasteiger partial charge in [-0.1, -0.05) is 66.2 Å². The van der Waals surface area contributed by atoms with Crippen molar-refractivity contribution in [2.24, 2.45) is 0 Å². The van der Waals surface area contributed by atoms with Crippen molar-refractivity contribution in [1.29, 1.82) is 0 Å². The Morgan fingerprint density at radius 2 is 1.71 bits per heavy atom. The number of hydrogen-bond donors (Lipinski definition) is 1. The molecular weight excluding hydrogens is 567 g/mol. The Bertz CT molecular complexity index is 1690. The average molecular weight is 595 g/mol. The average Bonchev–Trinajstić information content (AvgIpc) is 3.04. The molecule has 0 saturated carbocycles. The number of ether oxygens (including phenoxy) is 1. The molecule has 1 N–H and O–H groups in total. The van der Waals surface area contributed by atoms with Gasteiger partial charge in [-0.25, -0.2) is 17.6 Å². The first-order chi connectivity index (χ1) is 19.6. The van der Waals surface area contributed by atoms with E-state index in [1.807, 2.05) is 72.5 Å². The van der Waals surface area contributed by atoms with E-state index in [4.69, 9.17) is 16.3 Å². The highest BCUT2D eigenvalue weighted by Gasteiger charge is 2.40. The van der Waals surface area contributed by atoms with E-state index in [0.717, 1.165) is 23.4 Å². The minimum atomic E-state index is -4.09. The largest absolute Gasteiger partial charge is 0.478 e. The maximum absolute atomic E-state index is 14.2. The van der Waals surface area contributed by atoms with Gasteiger partial charge in [-0.3, -0.25) is 0 Å². The zero-order chi connectivity index (χ0) is 29.3. The number of carboxylic acid groups (broad SMARTS) is 1. The quantitative estimate of drug-likeness (QED) is 0.260. The first kappa shape index (κ1) is 28.8. The van der Waals surface area contributed by atoms with Crippen molar-refractivity contribution in [3.05, 3.63) is 113 Å². The Morgan fingerprint density at radius 3 is 2.37 bits per heavy atom. The van der Waals surface area contributed by atoms with E-state index in [9.17, 15) is 22.7 Å². The fourth-order valence-electron chi connectivity index (χ4n) is 4.98. The molecule has 1 aliphatic heterocycles. The Balaban J connectivity index is 1.62. The minimum absolute atomic E-state index is 0.0118. The molecule has 41 heavy (non-hydrogen) atoms. The number of aromatic carboxylic acids is 1. The van der Waals surface area contributed by atoms with Gasteiger partial charge in [-0.15, -0.1) is 0 Å². The third kappa shape index (κ3) is 5.71. The number of benzene rings is 4. The van der Waals surface area contributed by atoms with E-state index in [0.29, 0.717) is 12.3 Å². The van der Waals surface area contributed by atoms with Crippen molar-refractivity contribution in [1.82, 2.24) is 4.31 Å². The molecule has 0 saturated heterocycles. The maximum Gasteiger partial charge on any atom is 0.338 e. The van der Waals surface area contributed by atoms with Crippen LogP contribution in [0.1, 0.15) is 22.8 Å². The van der Waals surface area contributed by atoms with E-state index in [1.165, 1.54) is 23.5 Å². The number of sulfonamides is 1. The van der Waals surface area contributed by atoms with Gasteiger partial charge in [0.05, 0.1) is 35.0 Å². The summed E-state index contributed by atoms with van der Waals surface area (Å²) in [7, 11) is -2.57. The number of hydrogen-bond acceptors (Lipinski definition) is 5. The van der Waals surface area contributed by atoms with Gasteiger partial charge in [-0.05, 0) is 54.4 Å². The topological polar surface area (TPSA) is 87.1 Å². The molecule has 0 aliphatic carbocycles. The fraction of sp³-hybridized carbons (Fsp3) is 0.194. The number of carboxylic acids is 1. The van der Waals surface area contributed by atoms with Crippen LogP contribution in [0.5, 0.6) is 0 Å². The van der Waals surface area contributed by atoms with Crippen molar-refractivity contribution >= 4 is 39.0 Å². The van der Waals surface area contributed by atoms with Gasteiger partial charge in [0, 0.05) is 24.8 Å². The van der Waals surface area contributed by atoms with E-state index in [2.05, 4.69) is 0 Å². The van der Waals surface area contributed by atoms with Crippen molar-refractivity contribution < 1.29 is 27.4 Å². The molecular formula is C31H28ClFN2O5S. The molecule has 212 valence electrons. The summed E-state index contributed by atoms with van der Waals surface area (Å²) in [6.45, 7) is 2.44. The summed E-state index contributed by atoms with van der Waals surface area (Å²) in [5.74, 6) is -2.34. The highest BCUT2D eigenvalue weighted by atomic mass is 35.5. The zero-order valence-corrected chi connectivity index (χ0v) is 23.9. The molecule has 1 aliphatic rings. The Kier molecular flexibility index (Phi) is 8.15. The SMILES string of the molecule is C[C@H](OCc1ccccc1)[C@@H]1CN(c2ccccc2)c2cc(Cl)c(-c3ccc(F)c(C(=O)O)c3)cc2S(=O)(=O)N1C. The number of fused-ring (bicyclic) bond motifs is 1. The predicted molar refractivity (Wildman–Crippen MR) is 157 cm³/mol. The molecule has 0 amide bonds. The third-order valence-corrected chi connectivity index (χ3v) is 9.53. The van der Waals surface area contributed by atoms with Crippen LogP contribution >= 0.6 is 11.6 Å². The van der Waals surface area contributed by atoms with Gasteiger partial charge in [0.2, 0.25) is 10.0 Å². The molecule has 4 aromatic rings. The van der Waals surface area contributed by atoms with E-state index < -0.39 is 39.5 Å². The minimum Gasteiger partial charge on any atom is -0.478 e. The standard InChI is InChI=1S/C31H28ClFN2O5S/c1-20(40-19-21-9-5-3-6-10-21)29-18-35(23-11-7-4-8-12-23)28-17-26(32)24(16-30(28)41(38,39)34(29)2)22-13-14-27(33)25(15-22)31(36)37/h3-17,20,29H,18-19H2,1-2H3,(H,36,37)/t20-,29-/m0/s1. The second-order valence-electron chi connectivity index (χ2n) is 9.84. The van der Waals surface area contributed by atoms with Gasteiger partial charge in [0.25, 0.3) is 0 Å². The van der Waals surface area contributed by atoms with Crippen LogP contribution in [0.2, 0.25) is 5.02 Å². The smallest absolute Gasteiger partial charge is 0.338 e. The molecule has 0 fully saturated rings. The van der Waals surface area contributed by atoms with E-state index in [1.54, 1.807) is 6.07 Å². The predicted octanol–water partition coefficient (Wildman–Crippen LogP) is 6.59. The van der Waals surface area contributed by atoms with Crippen molar-refractivity contribution in [2.45, 2.75) is 30.6 Å². The number of anilines is 2. The molecule has 0 aromatic heterocycles. The van der Waals surface area contributed by atoms with Gasteiger partial charge in [0.15, 0.2) is 0 Å². The van der Waals surface area contributed by atoms with Crippen LogP contribution in [0.4, 0.5) is 15.8 Å². The highest BCUT2D eigenvalue weighted by Crippen LogP contribution is 2.43. The zero-order valence-electron chi connectivity index (χ0n) is 22.4. The lowest BCUT2D eigenvalue weighted by Crippen LogP contribution is -2.48. The maximum atomic E-state index is 14.2. The van der Waals surface area contributed by atoms with Crippen LogP contribution in [-0.2, 0) is 21.4 Å². The molecule has 4 aromatic carbocycles. The number of likely N-dealkylation sites (N-methyl/N-ethyl adjacent to an activating group) is 1. The van der Waals surface area contributed by atoms with Crippen LogP contribution < -0.4 is 4.90 Å². The lowest BCUT2D eigenvalue weighted by molar-refractivity contribution is 0.0147. The monoisotopic (exact) mass is 594 g/mol. The van der Waals surface area contributed by atoms with Crippen molar-refractivity contribution in [3.8, 4) is 11.1 Å². The molecule has 10 heteroatoms. The summed E-state index contributed by atoms with van der Waals surface area (Å²) in [6.07, 6.45) is -0.485. The second-order valence-corrected chi connectivity index (χ2v) is 12.2. The lowest BCUT2D eigenvalue weighted by atomic mass is 10.0. The number of carbonyl (C=O) groups is 1. The molecule has 0 spiro atoms. The lowest BCUT2D eigenvalue weighted by Gasteiger charge is -2.33. The first-order valence-corrected chi connectivity index (χ1v) is 14.7. The number of nitrogens with zero attached hydrogens (tertiary/aromatic N) is 2. The molecule has 5 rings (SSSR count). The van der Waals surface area contributed by atoms with Gasteiger partial charge in [0.1, 0.15) is 10.7 Å². The second kappa shape index (κ2) is 11.6. The normalized spacial score (nSPS) is 17.5. The number of halogens is 2. The van der Waals surface area contributed by atoms with Crippen LogP contribution in [0.15, 0.2) is 95.9 Å². The number of rotatable bonds is 7. The van der Waals surface area contributed by atoms with Crippen molar-refractivity contribution in [3.63, 3.8) is 0 Å².